The van der Waals surface area contributed by atoms with Crippen LogP contribution in [-0.2, 0) is 6.54 Å². The fourth-order valence-electron chi connectivity index (χ4n) is 2.85. The number of hydrogen-bond acceptors (Lipinski definition) is 4. The normalized spacial score (nSPS) is 30.1. The molecule has 2 bridgehead atoms. The van der Waals surface area contributed by atoms with Crippen LogP contribution in [-0.4, -0.2) is 52.2 Å². The van der Waals surface area contributed by atoms with Crippen LogP contribution in [0.15, 0.2) is 12.1 Å². The summed E-state index contributed by atoms with van der Waals surface area (Å²) < 4.78 is 0. The van der Waals surface area contributed by atoms with Gasteiger partial charge in [0.05, 0.1) is 11.4 Å². The molecule has 4 nitrogen and oxygen atoms in total. The first kappa shape index (κ1) is 10.2. The monoisotopic (exact) mass is 218 g/mol. The van der Waals surface area contributed by atoms with Gasteiger partial charge in [-0.3, -0.25) is 4.90 Å². The van der Waals surface area contributed by atoms with Crippen LogP contribution in [0.25, 0.3) is 0 Å². The molecular weight excluding hydrogens is 200 g/mol. The van der Waals surface area contributed by atoms with Crippen LogP contribution >= 0.6 is 0 Å². The van der Waals surface area contributed by atoms with E-state index in [0.29, 0.717) is 0 Å². The highest BCUT2D eigenvalue weighted by Crippen LogP contribution is 2.32. The quantitative estimate of drug-likeness (QED) is 0.730. The smallest absolute Gasteiger partial charge is 0.0771 e. The molecule has 2 aliphatic heterocycles. The maximum atomic E-state index is 4.24. The van der Waals surface area contributed by atoms with Crippen LogP contribution < -0.4 is 0 Å². The summed E-state index contributed by atoms with van der Waals surface area (Å²) in [5.41, 5.74) is 2.09. The number of aryl methyl sites for hydroxylation is 1. The molecule has 2 unspecified atom stereocenters. The summed E-state index contributed by atoms with van der Waals surface area (Å²) in [6.07, 6.45) is 1.36. The Labute approximate surface area is 96.3 Å². The lowest BCUT2D eigenvalue weighted by Gasteiger charge is -2.55. The fourth-order valence-corrected chi connectivity index (χ4v) is 2.85. The number of rotatable bonds is 2. The van der Waals surface area contributed by atoms with E-state index in [1.54, 1.807) is 0 Å². The average molecular weight is 218 g/mol. The van der Waals surface area contributed by atoms with Crippen LogP contribution in [0.3, 0.4) is 0 Å². The average Bonchev–Trinajstić information content (AvgIpc) is 2.28. The van der Waals surface area contributed by atoms with Crippen molar-refractivity contribution < 1.29 is 0 Å². The Bertz CT molecular complexity index is 363. The van der Waals surface area contributed by atoms with Gasteiger partial charge in [-0.2, -0.15) is 10.2 Å². The second kappa shape index (κ2) is 3.79. The highest BCUT2D eigenvalue weighted by atomic mass is 15.4. The number of nitrogens with zero attached hydrogens (tertiary/aromatic N) is 4. The number of hydrogen-bond donors (Lipinski definition) is 0. The third-order valence-electron chi connectivity index (χ3n) is 3.72. The van der Waals surface area contributed by atoms with Crippen molar-refractivity contribution in [2.24, 2.45) is 0 Å². The summed E-state index contributed by atoms with van der Waals surface area (Å²) >= 11 is 0. The maximum absolute atomic E-state index is 4.24. The summed E-state index contributed by atoms with van der Waals surface area (Å²) in [6.45, 7) is 5.35. The summed E-state index contributed by atoms with van der Waals surface area (Å²) in [4.78, 5) is 5.00. The lowest BCUT2D eigenvalue weighted by molar-refractivity contribution is -0.0676. The first-order chi connectivity index (χ1) is 7.72. The predicted octanol–water partition coefficient (Wildman–Crippen LogP) is 0.673. The summed E-state index contributed by atoms with van der Waals surface area (Å²) in [5, 5.41) is 8.35. The van der Waals surface area contributed by atoms with Gasteiger partial charge in [0, 0.05) is 31.7 Å². The number of piperidine rings is 1. The highest BCUT2D eigenvalue weighted by molar-refractivity contribution is 5.08. The molecule has 0 amide bonds. The number of likely N-dealkylation sites (N-methyl/N-ethyl adjacent to an activating group) is 1. The zero-order valence-corrected chi connectivity index (χ0v) is 9.93. The van der Waals surface area contributed by atoms with Crippen molar-refractivity contribution in [1.82, 2.24) is 20.0 Å². The van der Waals surface area contributed by atoms with Crippen LogP contribution in [0.5, 0.6) is 0 Å². The predicted molar refractivity (Wildman–Crippen MR) is 62.0 cm³/mol. The van der Waals surface area contributed by atoms with Gasteiger partial charge in [-0.05, 0) is 32.5 Å². The molecule has 0 spiro atoms. The Morgan fingerprint density at radius 2 is 2.00 bits per heavy atom. The van der Waals surface area contributed by atoms with Gasteiger partial charge >= 0.3 is 0 Å². The van der Waals surface area contributed by atoms with Crippen molar-refractivity contribution in [3.63, 3.8) is 0 Å². The Kier molecular flexibility index (Phi) is 2.41. The lowest BCUT2D eigenvalue weighted by Crippen LogP contribution is -2.67. The zero-order valence-electron chi connectivity index (χ0n) is 9.93. The molecule has 2 atom stereocenters. The van der Waals surface area contributed by atoms with Gasteiger partial charge in [0.15, 0.2) is 0 Å². The van der Waals surface area contributed by atoms with Gasteiger partial charge < -0.3 is 4.90 Å². The SMILES string of the molecule is Cc1ccc(CN2C3CC2CN(C)C3)nn1. The minimum absolute atomic E-state index is 0.742. The van der Waals surface area contributed by atoms with Crippen LogP contribution in [0.4, 0.5) is 0 Å². The molecule has 0 aliphatic carbocycles. The first-order valence-corrected chi connectivity index (χ1v) is 5.96. The Hall–Kier alpha value is -1.00. The Morgan fingerprint density at radius 1 is 1.25 bits per heavy atom. The standard InChI is InChI=1S/C12H18N4/c1-9-3-4-10(14-13-9)6-16-11-5-12(16)8-15(2)7-11/h3-4,11-12H,5-8H2,1-2H3. The molecule has 3 heterocycles. The van der Waals surface area contributed by atoms with Gasteiger partial charge in [0.1, 0.15) is 0 Å². The number of likely N-dealkylation sites (tertiary alicyclic amines) is 2. The van der Waals surface area contributed by atoms with E-state index < -0.39 is 0 Å². The van der Waals surface area contributed by atoms with E-state index in [1.165, 1.54) is 19.5 Å². The summed E-state index contributed by atoms with van der Waals surface area (Å²) in [5.74, 6) is 0. The maximum Gasteiger partial charge on any atom is 0.0771 e. The zero-order chi connectivity index (χ0) is 11.1. The number of fused-ring (bicyclic) bond motifs is 2. The van der Waals surface area contributed by atoms with E-state index in [4.69, 9.17) is 0 Å². The molecule has 0 radical (unpaired) electrons. The third-order valence-corrected chi connectivity index (χ3v) is 3.72. The van der Waals surface area contributed by atoms with E-state index in [-0.39, 0.29) is 0 Å². The topological polar surface area (TPSA) is 32.3 Å². The molecule has 0 saturated carbocycles. The van der Waals surface area contributed by atoms with Crippen molar-refractivity contribution in [2.45, 2.75) is 32.0 Å². The van der Waals surface area contributed by atoms with Crippen LogP contribution in [0.1, 0.15) is 17.8 Å². The molecule has 1 aromatic heterocycles. The summed E-state index contributed by atoms with van der Waals surface area (Å²) in [6, 6.07) is 5.63. The van der Waals surface area contributed by atoms with Crippen molar-refractivity contribution in [2.75, 3.05) is 20.1 Å². The third kappa shape index (κ3) is 1.72. The van der Waals surface area contributed by atoms with E-state index in [0.717, 1.165) is 30.0 Å². The van der Waals surface area contributed by atoms with Crippen LogP contribution in [0, 0.1) is 6.92 Å². The second-order valence-electron chi connectivity index (χ2n) is 5.10. The van der Waals surface area contributed by atoms with E-state index in [2.05, 4.69) is 33.1 Å². The highest BCUT2D eigenvalue weighted by Gasteiger charge is 2.43. The Morgan fingerprint density at radius 3 is 2.62 bits per heavy atom. The van der Waals surface area contributed by atoms with Crippen molar-refractivity contribution in [1.29, 1.82) is 0 Å². The molecule has 2 aliphatic rings. The van der Waals surface area contributed by atoms with Crippen molar-refractivity contribution in [3.8, 4) is 0 Å². The van der Waals surface area contributed by atoms with Gasteiger partial charge in [0.2, 0.25) is 0 Å². The van der Waals surface area contributed by atoms with Crippen LogP contribution in [0.2, 0.25) is 0 Å². The largest absolute Gasteiger partial charge is 0.303 e. The number of aromatic nitrogens is 2. The molecule has 2 saturated heterocycles. The fraction of sp³-hybridized carbons (Fsp3) is 0.667. The minimum atomic E-state index is 0.742. The molecule has 86 valence electrons. The molecule has 1 aromatic rings. The minimum Gasteiger partial charge on any atom is -0.303 e. The molecule has 3 rings (SSSR count). The first-order valence-electron chi connectivity index (χ1n) is 5.96. The van der Waals surface area contributed by atoms with E-state index in [1.807, 2.05) is 13.0 Å². The molecular formula is C12H18N4. The molecule has 0 N–H and O–H groups in total. The van der Waals surface area contributed by atoms with Gasteiger partial charge in [-0.25, -0.2) is 0 Å². The van der Waals surface area contributed by atoms with Crippen molar-refractivity contribution >= 4 is 0 Å². The van der Waals surface area contributed by atoms with Gasteiger partial charge in [-0.15, -0.1) is 0 Å². The molecule has 16 heavy (non-hydrogen) atoms. The Balaban J connectivity index is 1.66. The number of piperazine rings is 1. The molecule has 0 aromatic carbocycles. The molecule has 4 heteroatoms. The van der Waals surface area contributed by atoms with E-state index in [9.17, 15) is 0 Å². The summed E-state index contributed by atoms with van der Waals surface area (Å²) in [7, 11) is 2.21. The van der Waals surface area contributed by atoms with Crippen molar-refractivity contribution in [3.05, 3.63) is 23.5 Å². The van der Waals surface area contributed by atoms with Gasteiger partial charge in [0.25, 0.3) is 0 Å². The molecule has 2 fully saturated rings. The lowest BCUT2D eigenvalue weighted by atomic mass is 9.87. The van der Waals surface area contributed by atoms with Gasteiger partial charge in [-0.1, -0.05) is 0 Å². The van der Waals surface area contributed by atoms with E-state index >= 15 is 0 Å². The second-order valence-corrected chi connectivity index (χ2v) is 5.10.